The lowest BCUT2D eigenvalue weighted by Gasteiger charge is -2.35. The number of carboxylic acid groups (broad SMARTS) is 1. The minimum absolute atomic E-state index is 0.0175. The van der Waals surface area contributed by atoms with Gasteiger partial charge in [0.2, 0.25) is 11.8 Å². The monoisotopic (exact) mass is 849 g/mol. The minimum atomic E-state index is -0.833. The van der Waals surface area contributed by atoms with Crippen LogP contribution in [0, 0.1) is 5.92 Å². The highest BCUT2D eigenvalue weighted by atomic mass is 16.6. The second kappa shape index (κ2) is 22.8. The Morgan fingerprint density at radius 1 is 0.934 bits per heavy atom. The molecule has 2 aromatic rings. The molecule has 3 N–H and O–H groups in total. The molecule has 0 bridgehead atoms. The molecule has 2 heterocycles. The summed E-state index contributed by atoms with van der Waals surface area (Å²) in [5.41, 5.74) is 1.33. The topological polar surface area (TPSA) is 176 Å². The third-order valence-electron chi connectivity index (χ3n) is 11.6. The lowest BCUT2D eigenvalue weighted by Crippen LogP contribution is -2.52. The van der Waals surface area contributed by atoms with Gasteiger partial charge in [0.1, 0.15) is 29.7 Å². The molecule has 3 aliphatic rings. The number of methoxy groups -OCH3 is 1. The summed E-state index contributed by atoms with van der Waals surface area (Å²) in [6.45, 7) is 10.5. The first-order chi connectivity index (χ1) is 29.2. The fraction of sp³-hybridized carbons (Fsp3) is 0.630. The van der Waals surface area contributed by atoms with Gasteiger partial charge < -0.3 is 39.6 Å². The predicted octanol–water partition coefficient (Wildman–Crippen LogP) is 5.60. The van der Waals surface area contributed by atoms with E-state index >= 15 is 0 Å². The summed E-state index contributed by atoms with van der Waals surface area (Å²) in [7, 11) is 1.57. The number of piperidine rings is 2. The zero-order valence-corrected chi connectivity index (χ0v) is 36.7. The van der Waals surface area contributed by atoms with Crippen molar-refractivity contribution in [3.8, 4) is 11.5 Å². The number of aliphatic carboxylic acids is 1. The van der Waals surface area contributed by atoms with Crippen molar-refractivity contribution in [2.45, 2.75) is 116 Å². The van der Waals surface area contributed by atoms with Crippen molar-refractivity contribution in [1.29, 1.82) is 0 Å². The smallest absolute Gasteiger partial charge is 0.411 e. The SMILES string of the molecule is CCOc1cc(OC)ccc1CN(CC(=O)N1CCCC(c2cccc(C(=O)N[C@@H](C(=O)NCCOC3CCN(CC(=O)O)CC3)C3CCCCC3)c2)C1)C(=O)OC(C)(C)C. The minimum Gasteiger partial charge on any atom is -0.497 e. The van der Waals surface area contributed by atoms with Gasteiger partial charge in [-0.3, -0.25) is 29.0 Å². The van der Waals surface area contributed by atoms with Crippen LogP contribution < -0.4 is 20.1 Å². The third kappa shape index (κ3) is 14.6. The fourth-order valence-electron chi connectivity index (χ4n) is 8.50. The number of carbonyl (C=O) groups excluding carboxylic acids is 4. The normalized spacial score (nSPS) is 18.4. The number of rotatable bonds is 18. The molecule has 15 heteroatoms. The maximum Gasteiger partial charge on any atom is 0.411 e. The van der Waals surface area contributed by atoms with Crippen LogP contribution in [0.1, 0.15) is 113 Å². The number of hydrogen-bond donors (Lipinski definition) is 3. The Labute approximate surface area is 360 Å². The van der Waals surface area contributed by atoms with Gasteiger partial charge in [-0.05, 0) is 102 Å². The summed E-state index contributed by atoms with van der Waals surface area (Å²) in [6, 6.07) is 12.1. The molecule has 5 rings (SSSR count). The molecule has 1 saturated carbocycles. The molecular weight excluding hydrogens is 783 g/mol. The van der Waals surface area contributed by atoms with Gasteiger partial charge in [-0.25, -0.2) is 4.79 Å². The number of carboxylic acids is 1. The van der Waals surface area contributed by atoms with Crippen LogP contribution in [0.5, 0.6) is 11.5 Å². The van der Waals surface area contributed by atoms with Gasteiger partial charge in [0, 0.05) is 55.8 Å². The zero-order chi connectivity index (χ0) is 43.9. The average Bonchev–Trinajstić information content (AvgIpc) is 3.24. The Morgan fingerprint density at radius 2 is 1.69 bits per heavy atom. The van der Waals surface area contributed by atoms with Crippen LogP contribution in [0.15, 0.2) is 42.5 Å². The second-order valence-electron chi connectivity index (χ2n) is 17.4. The number of likely N-dealkylation sites (tertiary alicyclic amines) is 2. The Morgan fingerprint density at radius 3 is 2.38 bits per heavy atom. The van der Waals surface area contributed by atoms with Crippen LogP contribution >= 0.6 is 0 Å². The largest absolute Gasteiger partial charge is 0.497 e. The highest BCUT2D eigenvalue weighted by Crippen LogP contribution is 2.31. The lowest BCUT2D eigenvalue weighted by molar-refractivity contribution is -0.139. The van der Waals surface area contributed by atoms with E-state index < -0.39 is 23.7 Å². The standard InChI is InChI=1S/C46H67N5O10/c1-6-59-39-27-38(58-5)18-17-36(39)29-51(45(57)61-46(2,3)4)30-40(52)50-22-11-16-35(28-50)33-14-10-15-34(26-33)43(55)48-42(32-12-8-7-9-13-32)44(56)47-21-25-60-37-19-23-49(24-20-37)31-41(53)54/h10,14-15,17-18,26-27,32,35,37,42H,6-9,11-13,16,19-25,28-31H2,1-5H3,(H,47,56)(H,48,55)(H,53,54)/t35?,42-/m1/s1. The molecule has 2 atom stereocenters. The van der Waals surface area contributed by atoms with Crippen molar-refractivity contribution < 1.29 is 48.0 Å². The van der Waals surface area contributed by atoms with Crippen molar-refractivity contribution >= 4 is 29.8 Å². The van der Waals surface area contributed by atoms with E-state index in [4.69, 9.17) is 24.1 Å². The van der Waals surface area contributed by atoms with E-state index in [1.165, 1.54) is 4.90 Å². The zero-order valence-electron chi connectivity index (χ0n) is 36.7. The number of nitrogens with zero attached hydrogens (tertiary/aromatic N) is 3. The summed E-state index contributed by atoms with van der Waals surface area (Å²) >= 11 is 0. The summed E-state index contributed by atoms with van der Waals surface area (Å²) < 4.78 is 23.0. The molecule has 0 radical (unpaired) electrons. The van der Waals surface area contributed by atoms with Gasteiger partial charge in [-0.2, -0.15) is 0 Å². The Bertz CT molecular complexity index is 1790. The van der Waals surface area contributed by atoms with Crippen molar-refractivity contribution in [2.24, 2.45) is 5.92 Å². The summed E-state index contributed by atoms with van der Waals surface area (Å²) in [6.07, 6.45) is 7.30. The Hall–Kier alpha value is -4.89. The maximum absolute atomic E-state index is 14.0. The van der Waals surface area contributed by atoms with Gasteiger partial charge in [-0.15, -0.1) is 0 Å². The molecule has 2 saturated heterocycles. The maximum atomic E-state index is 14.0. The van der Waals surface area contributed by atoms with Crippen molar-refractivity contribution in [3.63, 3.8) is 0 Å². The molecule has 3 fully saturated rings. The number of hydrogen-bond acceptors (Lipinski definition) is 10. The van der Waals surface area contributed by atoms with Crippen LogP contribution in [-0.2, 0) is 30.4 Å². The Balaban J connectivity index is 1.20. The van der Waals surface area contributed by atoms with E-state index in [0.717, 1.165) is 63.4 Å². The molecule has 2 aromatic carbocycles. The molecule has 1 unspecified atom stereocenters. The molecule has 0 aromatic heterocycles. The first-order valence-corrected chi connectivity index (χ1v) is 22.0. The number of ether oxygens (including phenoxy) is 4. The molecule has 61 heavy (non-hydrogen) atoms. The Kier molecular flexibility index (Phi) is 17.6. The summed E-state index contributed by atoms with van der Waals surface area (Å²) in [5, 5.41) is 15.1. The van der Waals surface area contributed by atoms with E-state index in [-0.39, 0.29) is 55.3 Å². The van der Waals surface area contributed by atoms with Crippen LogP contribution in [0.25, 0.3) is 0 Å². The van der Waals surface area contributed by atoms with Gasteiger partial charge in [-0.1, -0.05) is 31.4 Å². The average molecular weight is 850 g/mol. The van der Waals surface area contributed by atoms with Gasteiger partial charge in [0.15, 0.2) is 0 Å². The van der Waals surface area contributed by atoms with Crippen LogP contribution in [-0.4, -0.2) is 133 Å². The first-order valence-electron chi connectivity index (χ1n) is 22.0. The van der Waals surface area contributed by atoms with E-state index in [1.54, 1.807) is 51.0 Å². The van der Waals surface area contributed by atoms with Crippen LogP contribution in [0.4, 0.5) is 4.79 Å². The molecule has 2 aliphatic heterocycles. The van der Waals surface area contributed by atoms with Gasteiger partial charge >= 0.3 is 12.1 Å². The molecule has 336 valence electrons. The highest BCUT2D eigenvalue weighted by molar-refractivity contribution is 5.97. The summed E-state index contributed by atoms with van der Waals surface area (Å²) in [5.74, 6) is -0.417. The predicted molar refractivity (Wildman–Crippen MR) is 230 cm³/mol. The molecular formula is C46H67N5O10. The quantitative estimate of drug-likeness (QED) is 0.159. The lowest BCUT2D eigenvalue weighted by atomic mass is 9.83. The van der Waals surface area contributed by atoms with Gasteiger partial charge in [0.25, 0.3) is 5.91 Å². The van der Waals surface area contributed by atoms with Crippen molar-refractivity contribution in [3.05, 3.63) is 59.2 Å². The molecule has 4 amide bonds. The number of benzene rings is 2. The van der Waals surface area contributed by atoms with E-state index in [0.29, 0.717) is 68.6 Å². The molecule has 15 nitrogen and oxygen atoms in total. The van der Waals surface area contributed by atoms with Crippen LogP contribution in [0.2, 0.25) is 0 Å². The van der Waals surface area contributed by atoms with Crippen LogP contribution in [0.3, 0.4) is 0 Å². The van der Waals surface area contributed by atoms with Gasteiger partial charge in [0.05, 0.1) is 39.5 Å². The number of amides is 4. The first kappa shape index (κ1) is 47.2. The molecule has 0 spiro atoms. The van der Waals surface area contributed by atoms with Crippen molar-refractivity contribution in [1.82, 2.24) is 25.3 Å². The second-order valence-corrected chi connectivity index (χ2v) is 17.4. The fourth-order valence-corrected chi connectivity index (χ4v) is 8.50. The summed E-state index contributed by atoms with van der Waals surface area (Å²) in [4.78, 5) is 71.2. The molecule has 1 aliphatic carbocycles. The number of carbonyl (C=O) groups is 5. The van der Waals surface area contributed by atoms with E-state index in [2.05, 4.69) is 10.6 Å². The van der Waals surface area contributed by atoms with Crippen molar-refractivity contribution in [2.75, 3.05) is 66.1 Å². The third-order valence-corrected chi connectivity index (χ3v) is 11.6. The number of nitrogens with one attached hydrogen (secondary N) is 2. The van der Waals surface area contributed by atoms with E-state index in [9.17, 15) is 24.0 Å². The highest BCUT2D eigenvalue weighted by Gasteiger charge is 2.33. The van der Waals surface area contributed by atoms with E-state index in [1.807, 2.05) is 36.1 Å².